The van der Waals surface area contributed by atoms with Crippen molar-refractivity contribution in [1.29, 1.82) is 0 Å². The van der Waals surface area contributed by atoms with Crippen molar-refractivity contribution in [3.63, 3.8) is 0 Å². The molecule has 0 radical (unpaired) electrons. The van der Waals surface area contributed by atoms with E-state index in [2.05, 4.69) is 15.2 Å². The molecule has 0 aliphatic rings. The molecule has 118 valence electrons. The van der Waals surface area contributed by atoms with Crippen LogP contribution in [0.15, 0.2) is 18.2 Å². The van der Waals surface area contributed by atoms with Crippen LogP contribution in [0.1, 0.15) is 18.1 Å². The number of benzene rings is 1. The van der Waals surface area contributed by atoms with Crippen LogP contribution in [0, 0.1) is 6.92 Å². The molecule has 0 spiro atoms. The summed E-state index contributed by atoms with van der Waals surface area (Å²) in [4.78, 5) is 13.5. The molecule has 2 aromatic rings. The summed E-state index contributed by atoms with van der Waals surface area (Å²) in [5.74, 6) is -0.336. The number of likely N-dealkylation sites (N-methyl/N-ethyl adjacent to an activating group) is 1. The van der Waals surface area contributed by atoms with E-state index >= 15 is 0 Å². The summed E-state index contributed by atoms with van der Waals surface area (Å²) in [5.41, 5.74) is 3.83. The van der Waals surface area contributed by atoms with Crippen molar-refractivity contribution in [2.24, 2.45) is 0 Å². The van der Waals surface area contributed by atoms with Gasteiger partial charge in [0.25, 0.3) is 0 Å². The quantitative estimate of drug-likeness (QED) is 0.602. The Hall–Kier alpha value is -2.21. The van der Waals surface area contributed by atoms with Crippen LogP contribution in [-0.4, -0.2) is 53.1 Å². The SMILES string of the molecule is CCOC(=O)/C=C/c1ccc2c(nnn2CCN(C)C)c1C. The van der Waals surface area contributed by atoms with E-state index in [0.717, 1.165) is 35.2 Å². The van der Waals surface area contributed by atoms with Crippen molar-refractivity contribution < 1.29 is 9.53 Å². The van der Waals surface area contributed by atoms with Gasteiger partial charge in [0, 0.05) is 12.6 Å². The fraction of sp³-hybridized carbons (Fsp3) is 0.438. The van der Waals surface area contributed by atoms with E-state index in [-0.39, 0.29) is 5.97 Å². The van der Waals surface area contributed by atoms with E-state index in [0.29, 0.717) is 6.61 Å². The maximum absolute atomic E-state index is 11.4. The number of esters is 1. The normalized spacial score (nSPS) is 11.7. The second-order valence-corrected chi connectivity index (χ2v) is 5.35. The molecular weight excluding hydrogens is 280 g/mol. The van der Waals surface area contributed by atoms with Gasteiger partial charge in [0.05, 0.1) is 18.7 Å². The van der Waals surface area contributed by atoms with Gasteiger partial charge in [0.1, 0.15) is 5.52 Å². The minimum absolute atomic E-state index is 0.336. The Morgan fingerprint density at radius 2 is 2.18 bits per heavy atom. The van der Waals surface area contributed by atoms with E-state index in [1.54, 1.807) is 13.0 Å². The number of carbonyl (C=O) groups excluding carboxylic acids is 1. The molecule has 2 rings (SSSR count). The van der Waals surface area contributed by atoms with Crippen molar-refractivity contribution in [1.82, 2.24) is 19.9 Å². The van der Waals surface area contributed by atoms with Gasteiger partial charge in [-0.2, -0.15) is 0 Å². The molecule has 0 N–H and O–H groups in total. The van der Waals surface area contributed by atoms with Crippen molar-refractivity contribution in [2.45, 2.75) is 20.4 Å². The Bertz CT molecular complexity index is 689. The highest BCUT2D eigenvalue weighted by Crippen LogP contribution is 2.20. The Morgan fingerprint density at radius 1 is 1.41 bits per heavy atom. The molecule has 0 saturated carbocycles. The van der Waals surface area contributed by atoms with Crippen LogP contribution in [0.4, 0.5) is 0 Å². The molecule has 1 aromatic heterocycles. The average molecular weight is 302 g/mol. The Kier molecular flexibility index (Phi) is 5.27. The van der Waals surface area contributed by atoms with Gasteiger partial charge in [-0.3, -0.25) is 0 Å². The van der Waals surface area contributed by atoms with E-state index in [4.69, 9.17) is 4.74 Å². The summed E-state index contributed by atoms with van der Waals surface area (Å²) in [6, 6.07) is 3.96. The van der Waals surface area contributed by atoms with Crippen molar-refractivity contribution in [3.8, 4) is 0 Å². The number of nitrogens with zero attached hydrogens (tertiary/aromatic N) is 4. The zero-order valence-corrected chi connectivity index (χ0v) is 13.5. The molecule has 0 unspecified atom stereocenters. The molecule has 0 bridgehead atoms. The number of hydrogen-bond acceptors (Lipinski definition) is 5. The van der Waals surface area contributed by atoms with Gasteiger partial charge >= 0.3 is 5.97 Å². The lowest BCUT2D eigenvalue weighted by atomic mass is 10.1. The number of ether oxygens (including phenoxy) is 1. The third-order valence-corrected chi connectivity index (χ3v) is 3.43. The lowest BCUT2D eigenvalue weighted by Crippen LogP contribution is -2.19. The van der Waals surface area contributed by atoms with E-state index in [9.17, 15) is 4.79 Å². The third-order valence-electron chi connectivity index (χ3n) is 3.43. The molecule has 0 atom stereocenters. The van der Waals surface area contributed by atoms with Gasteiger partial charge in [-0.05, 0) is 51.2 Å². The van der Waals surface area contributed by atoms with E-state index in [1.807, 2.05) is 37.8 Å². The summed E-state index contributed by atoms with van der Waals surface area (Å²) in [6.45, 7) is 5.84. The van der Waals surface area contributed by atoms with Crippen molar-refractivity contribution in [3.05, 3.63) is 29.3 Å². The van der Waals surface area contributed by atoms with Gasteiger partial charge in [-0.1, -0.05) is 11.3 Å². The second-order valence-electron chi connectivity index (χ2n) is 5.35. The molecule has 0 amide bonds. The first-order valence-electron chi connectivity index (χ1n) is 7.35. The first-order valence-corrected chi connectivity index (χ1v) is 7.35. The minimum atomic E-state index is -0.336. The van der Waals surface area contributed by atoms with Gasteiger partial charge in [-0.25, -0.2) is 9.48 Å². The smallest absolute Gasteiger partial charge is 0.330 e. The predicted octanol–water partition coefficient (Wildman–Crippen LogP) is 1.88. The topological polar surface area (TPSA) is 60.2 Å². The molecule has 0 aliphatic heterocycles. The van der Waals surface area contributed by atoms with Gasteiger partial charge in [-0.15, -0.1) is 5.10 Å². The lowest BCUT2D eigenvalue weighted by Gasteiger charge is -2.09. The summed E-state index contributed by atoms with van der Waals surface area (Å²) < 4.78 is 6.79. The Balaban J connectivity index is 2.25. The van der Waals surface area contributed by atoms with Crippen LogP contribution in [-0.2, 0) is 16.1 Å². The summed E-state index contributed by atoms with van der Waals surface area (Å²) >= 11 is 0. The fourth-order valence-electron chi connectivity index (χ4n) is 2.17. The predicted molar refractivity (Wildman–Crippen MR) is 86.5 cm³/mol. The number of carbonyl (C=O) groups is 1. The Labute approximate surface area is 130 Å². The number of fused-ring (bicyclic) bond motifs is 1. The number of hydrogen-bond donors (Lipinski definition) is 0. The number of aryl methyl sites for hydroxylation is 1. The molecule has 1 aromatic carbocycles. The second kappa shape index (κ2) is 7.17. The average Bonchev–Trinajstić information content (AvgIpc) is 2.88. The van der Waals surface area contributed by atoms with Gasteiger partial charge in [0.2, 0.25) is 0 Å². The van der Waals surface area contributed by atoms with Crippen LogP contribution in [0.25, 0.3) is 17.1 Å². The Morgan fingerprint density at radius 3 is 2.86 bits per heavy atom. The van der Waals surface area contributed by atoms with Crippen LogP contribution in [0.5, 0.6) is 0 Å². The highest BCUT2D eigenvalue weighted by molar-refractivity contribution is 5.89. The van der Waals surface area contributed by atoms with Gasteiger partial charge in [0.15, 0.2) is 0 Å². The van der Waals surface area contributed by atoms with Gasteiger partial charge < -0.3 is 9.64 Å². The third kappa shape index (κ3) is 3.71. The minimum Gasteiger partial charge on any atom is -0.463 e. The fourth-order valence-corrected chi connectivity index (χ4v) is 2.17. The highest BCUT2D eigenvalue weighted by Gasteiger charge is 2.09. The number of aromatic nitrogens is 3. The summed E-state index contributed by atoms with van der Waals surface area (Å²) in [7, 11) is 4.06. The summed E-state index contributed by atoms with van der Waals surface area (Å²) in [5, 5.41) is 8.48. The molecular formula is C16H22N4O2. The maximum atomic E-state index is 11.4. The van der Waals surface area contributed by atoms with Crippen LogP contribution in [0.3, 0.4) is 0 Å². The zero-order chi connectivity index (χ0) is 16.1. The molecule has 6 nitrogen and oxygen atoms in total. The van der Waals surface area contributed by atoms with E-state index < -0.39 is 0 Å². The van der Waals surface area contributed by atoms with Crippen molar-refractivity contribution in [2.75, 3.05) is 27.2 Å². The monoisotopic (exact) mass is 302 g/mol. The van der Waals surface area contributed by atoms with Crippen LogP contribution < -0.4 is 0 Å². The van der Waals surface area contributed by atoms with Crippen molar-refractivity contribution >= 4 is 23.1 Å². The molecule has 6 heteroatoms. The molecule has 0 fully saturated rings. The number of rotatable bonds is 6. The maximum Gasteiger partial charge on any atom is 0.330 e. The standard InChI is InChI=1S/C16H22N4O2/c1-5-22-15(21)9-7-13-6-8-14-16(12(13)2)17-18-20(14)11-10-19(3)4/h6-9H,5,10-11H2,1-4H3/b9-7+. The van der Waals surface area contributed by atoms with Crippen LogP contribution >= 0.6 is 0 Å². The first kappa shape index (κ1) is 16.2. The highest BCUT2D eigenvalue weighted by atomic mass is 16.5. The molecule has 22 heavy (non-hydrogen) atoms. The lowest BCUT2D eigenvalue weighted by molar-refractivity contribution is -0.137. The molecule has 0 aliphatic carbocycles. The summed E-state index contributed by atoms with van der Waals surface area (Å²) in [6.07, 6.45) is 3.19. The molecule has 1 heterocycles. The van der Waals surface area contributed by atoms with E-state index in [1.165, 1.54) is 6.08 Å². The van der Waals surface area contributed by atoms with Crippen LogP contribution in [0.2, 0.25) is 0 Å². The first-order chi connectivity index (χ1) is 10.5. The molecule has 0 saturated heterocycles. The zero-order valence-electron chi connectivity index (χ0n) is 13.5. The largest absolute Gasteiger partial charge is 0.463 e.